The molecule has 0 saturated carbocycles. The Hall–Kier alpha value is -3.04. The number of allylic oxidation sites excluding steroid dienone is 6. The molecule has 0 aromatic heterocycles. The molecule has 1 aliphatic rings. The molecule has 1 aromatic rings. The van der Waals surface area contributed by atoms with E-state index in [-0.39, 0.29) is 5.70 Å². The molecule has 0 radical (unpaired) electrons. The molecule has 1 aliphatic heterocycles. The lowest BCUT2D eigenvalue weighted by atomic mass is 10.0. The summed E-state index contributed by atoms with van der Waals surface area (Å²) in [5.74, 6) is 1.79. The third kappa shape index (κ3) is 4.22. The molecule has 114 valence electrons. The fourth-order valence-electron chi connectivity index (χ4n) is 2.20. The van der Waals surface area contributed by atoms with E-state index in [1.54, 1.807) is 19.1 Å². The summed E-state index contributed by atoms with van der Waals surface area (Å²) in [7, 11) is 0. The van der Waals surface area contributed by atoms with Crippen molar-refractivity contribution in [2.24, 2.45) is 0 Å². The van der Waals surface area contributed by atoms with Crippen molar-refractivity contribution in [2.45, 2.75) is 26.7 Å². The van der Waals surface area contributed by atoms with Crippen molar-refractivity contribution in [3.8, 4) is 6.07 Å². The second-order valence-corrected chi connectivity index (χ2v) is 5.59. The first-order valence-corrected chi connectivity index (χ1v) is 7.41. The van der Waals surface area contributed by atoms with Gasteiger partial charge in [0.2, 0.25) is 0 Å². The summed E-state index contributed by atoms with van der Waals surface area (Å²) in [6.07, 6.45) is 7.21. The Morgan fingerprint density at radius 1 is 1.22 bits per heavy atom. The van der Waals surface area contributed by atoms with E-state index in [2.05, 4.69) is 43.0 Å². The monoisotopic (exact) mass is 302 g/mol. The molecule has 0 unspecified atom stereocenters. The molecule has 0 amide bonds. The number of ether oxygens (including phenoxy) is 1. The molecule has 0 N–H and O–H groups in total. The predicted octanol–water partition coefficient (Wildman–Crippen LogP) is 5.34. The average molecular weight is 302 g/mol. The molecule has 0 aliphatic carbocycles. The quantitative estimate of drug-likeness (QED) is 0.558. The van der Waals surface area contributed by atoms with Gasteiger partial charge in [0, 0.05) is 0 Å². The van der Waals surface area contributed by atoms with Gasteiger partial charge in [-0.3, -0.25) is 0 Å². The zero-order valence-corrected chi connectivity index (χ0v) is 13.5. The van der Waals surface area contributed by atoms with Gasteiger partial charge < -0.3 is 4.74 Å². The molecule has 0 fully saturated rings. The fourth-order valence-corrected chi connectivity index (χ4v) is 2.20. The van der Waals surface area contributed by atoms with E-state index >= 15 is 0 Å². The second-order valence-electron chi connectivity index (χ2n) is 5.59. The Kier molecular flexibility index (Phi) is 5.18. The van der Waals surface area contributed by atoms with Gasteiger partial charge >= 0.3 is 0 Å². The van der Waals surface area contributed by atoms with Gasteiger partial charge in [-0.2, -0.15) is 0 Å². The van der Waals surface area contributed by atoms with E-state index in [1.165, 1.54) is 5.56 Å². The normalized spacial score (nSPS) is 16.3. The lowest BCUT2D eigenvalue weighted by Crippen LogP contribution is -1.96. The largest absolute Gasteiger partial charge is 0.462 e. The number of nitriles is 1. The van der Waals surface area contributed by atoms with E-state index in [4.69, 9.17) is 16.6 Å². The van der Waals surface area contributed by atoms with Crippen LogP contribution in [-0.4, -0.2) is 0 Å². The van der Waals surface area contributed by atoms with Gasteiger partial charge in [0.1, 0.15) is 11.5 Å². The van der Waals surface area contributed by atoms with Crippen molar-refractivity contribution in [3.63, 3.8) is 0 Å². The summed E-state index contributed by atoms with van der Waals surface area (Å²) >= 11 is 0. The molecule has 0 saturated heterocycles. The van der Waals surface area contributed by atoms with E-state index < -0.39 is 0 Å². The molecule has 1 aromatic carbocycles. The van der Waals surface area contributed by atoms with E-state index in [9.17, 15) is 0 Å². The molecule has 0 spiro atoms. The zero-order chi connectivity index (χ0) is 16.8. The maximum Gasteiger partial charge on any atom is 0.269 e. The lowest BCUT2D eigenvalue weighted by Gasteiger charge is -2.13. The van der Waals surface area contributed by atoms with E-state index in [1.807, 2.05) is 18.2 Å². The Morgan fingerprint density at radius 2 is 1.91 bits per heavy atom. The van der Waals surface area contributed by atoms with Gasteiger partial charge in [0.15, 0.2) is 0 Å². The molecular formula is C20H18N2O. The van der Waals surface area contributed by atoms with Gasteiger partial charge in [-0.25, -0.2) is 10.1 Å². The number of rotatable bonds is 3. The highest BCUT2D eigenvalue weighted by atomic mass is 16.5. The molecule has 0 atom stereocenters. The van der Waals surface area contributed by atoms with Gasteiger partial charge in [-0.05, 0) is 47.8 Å². The van der Waals surface area contributed by atoms with Crippen LogP contribution in [0.5, 0.6) is 0 Å². The van der Waals surface area contributed by atoms with Gasteiger partial charge in [-0.15, -0.1) is 0 Å². The number of hydrogen-bond acceptors (Lipinski definition) is 2. The van der Waals surface area contributed by atoms with Crippen molar-refractivity contribution < 1.29 is 4.74 Å². The van der Waals surface area contributed by atoms with Crippen molar-refractivity contribution in [1.82, 2.24) is 0 Å². The summed E-state index contributed by atoms with van der Waals surface area (Å²) in [4.78, 5) is 3.24. The summed E-state index contributed by atoms with van der Waals surface area (Å²) < 4.78 is 5.63. The number of nitrogens with zero attached hydrogens (tertiary/aromatic N) is 2. The zero-order valence-electron chi connectivity index (χ0n) is 13.5. The average Bonchev–Trinajstić information content (AvgIpc) is 2.54. The first-order chi connectivity index (χ1) is 11.0. The highest BCUT2D eigenvalue weighted by molar-refractivity contribution is 5.56. The summed E-state index contributed by atoms with van der Waals surface area (Å²) in [5.41, 5.74) is 3.03. The Bertz CT molecular complexity index is 776. The van der Waals surface area contributed by atoms with E-state index in [0.717, 1.165) is 5.56 Å². The molecular weight excluding hydrogens is 284 g/mol. The standard InChI is InChI=1S/C20H18N2O/c1-14(2)17-8-5-16(6-9-17)7-10-19-12-18(11-15(3)23-19)20(13-21)22-4/h5-12,14H,1-3H3. The molecule has 0 bridgehead atoms. The van der Waals surface area contributed by atoms with Crippen LogP contribution in [0.2, 0.25) is 0 Å². The summed E-state index contributed by atoms with van der Waals surface area (Å²) in [5, 5.41) is 8.99. The van der Waals surface area contributed by atoms with Crippen LogP contribution in [0.1, 0.15) is 37.8 Å². The number of benzene rings is 1. The van der Waals surface area contributed by atoms with Crippen molar-refractivity contribution >= 4 is 6.08 Å². The summed E-state index contributed by atoms with van der Waals surface area (Å²) in [6.45, 7) is 13.2. The minimum absolute atomic E-state index is 0.0693. The molecule has 3 heteroatoms. The SMILES string of the molecule is [C-]#[N+]C(C#N)=C1C=C(C)OC(C=Cc2ccc(C(C)C)cc2)=C1. The van der Waals surface area contributed by atoms with Gasteiger partial charge in [0.25, 0.3) is 5.70 Å². The van der Waals surface area contributed by atoms with E-state index in [0.29, 0.717) is 23.0 Å². The van der Waals surface area contributed by atoms with Crippen LogP contribution < -0.4 is 0 Å². The van der Waals surface area contributed by atoms with Crippen molar-refractivity contribution in [3.05, 3.63) is 87.8 Å². The van der Waals surface area contributed by atoms with Crippen LogP contribution >= 0.6 is 0 Å². The summed E-state index contributed by atoms with van der Waals surface area (Å²) in [6, 6.07) is 10.3. The van der Waals surface area contributed by atoms with Crippen LogP contribution in [0, 0.1) is 17.9 Å². The second kappa shape index (κ2) is 7.29. The fraction of sp³-hybridized carbons (Fsp3) is 0.200. The first-order valence-electron chi connectivity index (χ1n) is 7.41. The minimum Gasteiger partial charge on any atom is -0.462 e. The first kappa shape index (κ1) is 16.3. The Balaban J connectivity index is 2.24. The lowest BCUT2D eigenvalue weighted by molar-refractivity contribution is 0.318. The topological polar surface area (TPSA) is 37.4 Å². The van der Waals surface area contributed by atoms with Crippen LogP contribution in [0.4, 0.5) is 0 Å². The maximum atomic E-state index is 8.99. The molecule has 3 nitrogen and oxygen atoms in total. The molecule has 2 rings (SSSR count). The van der Waals surface area contributed by atoms with Crippen molar-refractivity contribution in [2.75, 3.05) is 0 Å². The molecule has 23 heavy (non-hydrogen) atoms. The third-order valence-electron chi connectivity index (χ3n) is 3.47. The minimum atomic E-state index is 0.0693. The van der Waals surface area contributed by atoms with Gasteiger partial charge in [-0.1, -0.05) is 44.2 Å². The van der Waals surface area contributed by atoms with Crippen LogP contribution in [-0.2, 0) is 4.74 Å². The van der Waals surface area contributed by atoms with Crippen LogP contribution in [0.25, 0.3) is 10.9 Å². The smallest absolute Gasteiger partial charge is 0.269 e. The molecule has 1 heterocycles. The van der Waals surface area contributed by atoms with Crippen molar-refractivity contribution in [1.29, 1.82) is 5.26 Å². The van der Waals surface area contributed by atoms with Gasteiger partial charge in [0.05, 0.1) is 12.6 Å². The Labute approximate surface area is 137 Å². The van der Waals surface area contributed by atoms with Crippen LogP contribution in [0.15, 0.2) is 65.3 Å². The third-order valence-corrected chi connectivity index (χ3v) is 3.47. The number of hydrogen-bond donors (Lipinski definition) is 0. The van der Waals surface area contributed by atoms with Crippen LogP contribution in [0.3, 0.4) is 0 Å². The Morgan fingerprint density at radius 3 is 2.48 bits per heavy atom. The highest BCUT2D eigenvalue weighted by Crippen LogP contribution is 2.23. The predicted molar refractivity (Wildman–Crippen MR) is 91.7 cm³/mol. The maximum absolute atomic E-state index is 8.99. The highest BCUT2D eigenvalue weighted by Gasteiger charge is 2.10.